The molecule has 2 heterocycles. The van der Waals surface area contributed by atoms with E-state index >= 15 is 0 Å². The Bertz CT molecular complexity index is 570. The summed E-state index contributed by atoms with van der Waals surface area (Å²) >= 11 is 0. The van der Waals surface area contributed by atoms with Crippen molar-refractivity contribution in [1.82, 2.24) is 15.0 Å². The summed E-state index contributed by atoms with van der Waals surface area (Å²) in [6.07, 6.45) is 1.71. The number of aromatic nitrogens is 2. The predicted octanol–water partition coefficient (Wildman–Crippen LogP) is 2.29. The van der Waals surface area contributed by atoms with Crippen molar-refractivity contribution in [2.45, 2.75) is 31.8 Å². The number of likely N-dealkylation sites (tertiary alicyclic amines) is 1. The largest absolute Gasteiger partial charge is 0.387 e. The van der Waals surface area contributed by atoms with E-state index in [1.54, 1.807) is 0 Å². The summed E-state index contributed by atoms with van der Waals surface area (Å²) in [7, 11) is 0. The van der Waals surface area contributed by atoms with Crippen LogP contribution in [0.15, 0.2) is 34.9 Å². The first kappa shape index (κ1) is 14.2. The number of hydrogen-bond acceptors (Lipinski definition) is 5. The first-order chi connectivity index (χ1) is 10.2. The second-order valence-corrected chi connectivity index (χ2v) is 5.71. The highest BCUT2D eigenvalue weighted by atomic mass is 16.5. The van der Waals surface area contributed by atoms with Crippen molar-refractivity contribution in [3.63, 3.8) is 0 Å². The second-order valence-electron chi connectivity index (χ2n) is 5.71. The Hall–Kier alpha value is -1.72. The third-order valence-electron chi connectivity index (χ3n) is 4.01. The van der Waals surface area contributed by atoms with Crippen LogP contribution in [0.25, 0.3) is 0 Å². The fraction of sp³-hybridized carbons (Fsp3) is 0.500. The molecule has 2 aromatic rings. The van der Waals surface area contributed by atoms with Crippen LogP contribution in [0.1, 0.15) is 42.1 Å². The van der Waals surface area contributed by atoms with E-state index < -0.39 is 6.10 Å². The molecule has 5 nitrogen and oxygen atoms in total. The maximum Gasteiger partial charge on any atom is 0.231 e. The molecule has 1 saturated heterocycles. The van der Waals surface area contributed by atoms with Crippen molar-refractivity contribution in [3.05, 3.63) is 47.6 Å². The van der Waals surface area contributed by atoms with Crippen molar-refractivity contribution < 1.29 is 9.63 Å². The Morgan fingerprint density at radius 2 is 2.19 bits per heavy atom. The van der Waals surface area contributed by atoms with Crippen molar-refractivity contribution in [3.8, 4) is 0 Å². The van der Waals surface area contributed by atoms with Gasteiger partial charge in [-0.15, -0.1) is 0 Å². The molecule has 1 fully saturated rings. The zero-order valence-corrected chi connectivity index (χ0v) is 12.3. The highest BCUT2D eigenvalue weighted by Crippen LogP contribution is 2.27. The lowest BCUT2D eigenvalue weighted by Crippen LogP contribution is -2.37. The zero-order valence-electron chi connectivity index (χ0n) is 12.3. The average molecular weight is 287 g/mol. The molecule has 1 N–H and O–H groups in total. The number of β-amino-alcohol motifs (C(OH)–C–C–N with tert-alkyl or cyclic N) is 1. The zero-order chi connectivity index (χ0) is 14.7. The van der Waals surface area contributed by atoms with Crippen LogP contribution in [0.4, 0.5) is 0 Å². The molecule has 0 aliphatic carbocycles. The number of aliphatic hydroxyl groups is 1. The van der Waals surface area contributed by atoms with Crippen LogP contribution in [0.5, 0.6) is 0 Å². The molecule has 3 rings (SSSR count). The standard InChI is InChI=1S/C16H21N3O2/c1-12-17-16(21-18-12)14-8-5-9-19(10-14)11-15(20)13-6-3-2-4-7-13/h2-4,6-7,14-15,20H,5,8-11H2,1H3/t14-,15+/m0/s1. The summed E-state index contributed by atoms with van der Waals surface area (Å²) in [6, 6.07) is 9.81. The maximum atomic E-state index is 10.3. The van der Waals surface area contributed by atoms with E-state index in [1.807, 2.05) is 37.3 Å². The van der Waals surface area contributed by atoms with E-state index in [2.05, 4.69) is 15.0 Å². The number of hydrogen-bond donors (Lipinski definition) is 1. The van der Waals surface area contributed by atoms with Crippen LogP contribution in [0, 0.1) is 6.92 Å². The third kappa shape index (κ3) is 3.49. The molecule has 2 atom stereocenters. The molecule has 1 aromatic heterocycles. The Labute approximate surface area is 124 Å². The summed E-state index contributed by atoms with van der Waals surface area (Å²) in [6.45, 7) is 4.36. The quantitative estimate of drug-likeness (QED) is 0.935. The van der Waals surface area contributed by atoms with Gasteiger partial charge in [-0.25, -0.2) is 0 Å². The van der Waals surface area contributed by atoms with E-state index in [0.29, 0.717) is 12.4 Å². The molecule has 0 saturated carbocycles. The second kappa shape index (κ2) is 6.37. The van der Waals surface area contributed by atoms with Gasteiger partial charge in [-0.2, -0.15) is 4.98 Å². The van der Waals surface area contributed by atoms with E-state index in [4.69, 9.17) is 4.52 Å². The summed E-state index contributed by atoms with van der Waals surface area (Å²) in [5.74, 6) is 1.70. The van der Waals surface area contributed by atoms with E-state index in [9.17, 15) is 5.11 Å². The fourth-order valence-corrected chi connectivity index (χ4v) is 2.93. The molecule has 1 aliphatic heterocycles. The van der Waals surface area contributed by atoms with Crippen molar-refractivity contribution >= 4 is 0 Å². The van der Waals surface area contributed by atoms with Gasteiger partial charge in [-0.3, -0.25) is 4.90 Å². The van der Waals surface area contributed by atoms with Gasteiger partial charge in [-0.05, 0) is 31.9 Å². The van der Waals surface area contributed by atoms with E-state index in [1.165, 1.54) is 0 Å². The minimum absolute atomic E-state index is 0.280. The Morgan fingerprint density at radius 1 is 1.38 bits per heavy atom. The Kier molecular flexibility index (Phi) is 4.31. The van der Waals surface area contributed by atoms with Gasteiger partial charge >= 0.3 is 0 Å². The van der Waals surface area contributed by atoms with Crippen LogP contribution in [0.3, 0.4) is 0 Å². The maximum absolute atomic E-state index is 10.3. The third-order valence-corrected chi connectivity index (χ3v) is 4.01. The first-order valence-corrected chi connectivity index (χ1v) is 7.48. The predicted molar refractivity (Wildman–Crippen MR) is 78.9 cm³/mol. The number of rotatable bonds is 4. The van der Waals surface area contributed by atoms with Crippen molar-refractivity contribution in [1.29, 1.82) is 0 Å². The first-order valence-electron chi connectivity index (χ1n) is 7.48. The van der Waals surface area contributed by atoms with Crippen LogP contribution < -0.4 is 0 Å². The number of aryl methyl sites for hydroxylation is 1. The minimum Gasteiger partial charge on any atom is -0.387 e. The van der Waals surface area contributed by atoms with Gasteiger partial charge in [0.05, 0.1) is 12.0 Å². The molecule has 0 unspecified atom stereocenters. The van der Waals surface area contributed by atoms with Gasteiger partial charge in [0, 0.05) is 13.1 Å². The minimum atomic E-state index is -0.450. The number of aliphatic hydroxyl groups excluding tert-OH is 1. The topological polar surface area (TPSA) is 62.4 Å². The lowest BCUT2D eigenvalue weighted by atomic mass is 9.97. The molecule has 112 valence electrons. The molecular formula is C16H21N3O2. The van der Waals surface area contributed by atoms with Crippen molar-refractivity contribution in [2.24, 2.45) is 0 Å². The van der Waals surface area contributed by atoms with Gasteiger partial charge in [0.2, 0.25) is 5.89 Å². The van der Waals surface area contributed by atoms with Crippen LogP contribution in [0.2, 0.25) is 0 Å². The Morgan fingerprint density at radius 3 is 2.90 bits per heavy atom. The molecule has 5 heteroatoms. The van der Waals surface area contributed by atoms with Crippen LogP contribution in [-0.2, 0) is 0 Å². The Balaban J connectivity index is 1.61. The normalized spacial score (nSPS) is 21.3. The summed E-state index contributed by atoms with van der Waals surface area (Å²) < 4.78 is 5.29. The highest BCUT2D eigenvalue weighted by molar-refractivity contribution is 5.17. The lowest BCUT2D eigenvalue weighted by molar-refractivity contribution is 0.0910. The van der Waals surface area contributed by atoms with Gasteiger partial charge in [-0.1, -0.05) is 35.5 Å². The van der Waals surface area contributed by atoms with E-state index in [-0.39, 0.29) is 5.92 Å². The SMILES string of the molecule is Cc1noc([C@H]2CCCN(C[C@@H](O)c3ccccc3)C2)n1. The number of benzene rings is 1. The van der Waals surface area contributed by atoms with Gasteiger partial charge in [0.15, 0.2) is 5.82 Å². The summed E-state index contributed by atoms with van der Waals surface area (Å²) in [4.78, 5) is 6.62. The van der Waals surface area contributed by atoms with Gasteiger partial charge in [0.25, 0.3) is 0 Å². The summed E-state index contributed by atoms with van der Waals surface area (Å²) in [5.41, 5.74) is 0.966. The number of piperidine rings is 1. The molecular weight excluding hydrogens is 266 g/mol. The monoisotopic (exact) mass is 287 g/mol. The smallest absolute Gasteiger partial charge is 0.231 e. The van der Waals surface area contributed by atoms with Crippen LogP contribution >= 0.6 is 0 Å². The van der Waals surface area contributed by atoms with Gasteiger partial charge in [0.1, 0.15) is 0 Å². The highest BCUT2D eigenvalue weighted by Gasteiger charge is 2.26. The summed E-state index contributed by atoms with van der Waals surface area (Å²) in [5, 5.41) is 14.2. The number of nitrogens with zero attached hydrogens (tertiary/aromatic N) is 3. The molecule has 0 amide bonds. The molecule has 0 spiro atoms. The average Bonchev–Trinajstić information content (AvgIpc) is 2.95. The molecule has 0 radical (unpaired) electrons. The van der Waals surface area contributed by atoms with Crippen molar-refractivity contribution in [2.75, 3.05) is 19.6 Å². The van der Waals surface area contributed by atoms with Gasteiger partial charge < -0.3 is 9.63 Å². The molecule has 1 aliphatic rings. The molecule has 0 bridgehead atoms. The lowest BCUT2D eigenvalue weighted by Gasteiger charge is -2.32. The molecule has 21 heavy (non-hydrogen) atoms. The van der Waals surface area contributed by atoms with E-state index in [0.717, 1.165) is 37.4 Å². The fourth-order valence-electron chi connectivity index (χ4n) is 2.93. The molecule has 1 aromatic carbocycles. The van der Waals surface area contributed by atoms with Crippen LogP contribution in [-0.4, -0.2) is 39.8 Å².